The number of para-hydroxylation sites is 1. The molecule has 2 aromatic carbocycles. The zero-order chi connectivity index (χ0) is 19.2. The van der Waals surface area contributed by atoms with Gasteiger partial charge in [0.1, 0.15) is 28.7 Å². The number of benzene rings is 2. The molecule has 0 bridgehead atoms. The summed E-state index contributed by atoms with van der Waals surface area (Å²) in [5.41, 5.74) is 1.21. The Morgan fingerprint density at radius 1 is 0.963 bits per heavy atom. The van der Waals surface area contributed by atoms with Crippen LogP contribution in [0.4, 0.5) is 21.6 Å². The summed E-state index contributed by atoms with van der Waals surface area (Å²) in [6, 6.07) is 14.7. The predicted molar refractivity (Wildman–Crippen MR) is 101 cm³/mol. The van der Waals surface area contributed by atoms with Crippen molar-refractivity contribution in [3.8, 4) is 11.5 Å². The number of carbonyl (C=O) groups excluding carboxylic acids is 1. The lowest BCUT2D eigenvalue weighted by molar-refractivity contribution is 0.102. The Balaban J connectivity index is 1.75. The maximum absolute atomic E-state index is 13.7. The van der Waals surface area contributed by atoms with Crippen molar-refractivity contribution >= 4 is 23.1 Å². The van der Waals surface area contributed by atoms with Crippen LogP contribution in [0, 0.1) is 5.82 Å². The molecule has 1 heterocycles. The molecule has 0 radical (unpaired) electrons. The Labute approximate surface area is 156 Å². The van der Waals surface area contributed by atoms with Crippen molar-refractivity contribution in [3.63, 3.8) is 0 Å². The molecular weight excluding hydrogens is 349 g/mol. The topological polar surface area (TPSA) is 72.5 Å². The number of anilines is 3. The van der Waals surface area contributed by atoms with Gasteiger partial charge < -0.3 is 20.1 Å². The van der Waals surface area contributed by atoms with Gasteiger partial charge in [-0.15, -0.1) is 0 Å². The number of rotatable bonds is 6. The van der Waals surface area contributed by atoms with Crippen LogP contribution in [0.3, 0.4) is 0 Å². The average Bonchev–Trinajstić information content (AvgIpc) is 2.70. The highest BCUT2D eigenvalue weighted by Crippen LogP contribution is 2.29. The van der Waals surface area contributed by atoms with Gasteiger partial charge in [0.15, 0.2) is 0 Å². The zero-order valence-electron chi connectivity index (χ0n) is 14.8. The second-order valence-electron chi connectivity index (χ2n) is 5.53. The molecule has 0 unspecified atom stereocenters. The fraction of sp³-hybridized carbons (Fsp3) is 0.100. The molecule has 27 heavy (non-hydrogen) atoms. The van der Waals surface area contributed by atoms with Crippen LogP contribution in [-0.2, 0) is 0 Å². The quantitative estimate of drug-likeness (QED) is 0.682. The summed E-state index contributed by atoms with van der Waals surface area (Å²) in [6.45, 7) is 0. The van der Waals surface area contributed by atoms with Crippen molar-refractivity contribution in [1.29, 1.82) is 0 Å². The Kier molecular flexibility index (Phi) is 5.51. The van der Waals surface area contributed by atoms with E-state index in [1.165, 1.54) is 26.5 Å². The Morgan fingerprint density at radius 2 is 1.67 bits per heavy atom. The largest absolute Gasteiger partial charge is 0.496 e. The summed E-state index contributed by atoms with van der Waals surface area (Å²) in [5, 5.41) is 5.63. The first kappa shape index (κ1) is 18.2. The van der Waals surface area contributed by atoms with Crippen LogP contribution in [0.1, 0.15) is 10.4 Å². The van der Waals surface area contributed by atoms with Crippen molar-refractivity contribution in [2.75, 3.05) is 24.9 Å². The van der Waals surface area contributed by atoms with Gasteiger partial charge in [-0.2, -0.15) is 0 Å². The van der Waals surface area contributed by atoms with E-state index in [0.29, 0.717) is 28.7 Å². The molecule has 7 heteroatoms. The molecule has 1 aromatic heterocycles. The van der Waals surface area contributed by atoms with Crippen LogP contribution in [0.15, 0.2) is 60.8 Å². The number of aromatic nitrogens is 1. The lowest BCUT2D eigenvalue weighted by Crippen LogP contribution is -2.15. The van der Waals surface area contributed by atoms with Crippen LogP contribution < -0.4 is 20.1 Å². The first-order valence-corrected chi connectivity index (χ1v) is 8.12. The van der Waals surface area contributed by atoms with Gasteiger partial charge in [-0.25, -0.2) is 9.37 Å². The number of halogens is 1. The SMILES string of the molecule is COc1cccc(OC)c1C(=O)Nc1ccc(Nc2ccccc2F)cn1. The van der Waals surface area contributed by atoms with Crippen molar-refractivity contribution < 1.29 is 18.7 Å². The fourth-order valence-electron chi connectivity index (χ4n) is 2.51. The number of carbonyl (C=O) groups is 1. The van der Waals surface area contributed by atoms with E-state index in [4.69, 9.17) is 9.47 Å². The molecule has 1 amide bonds. The van der Waals surface area contributed by atoms with Gasteiger partial charge >= 0.3 is 0 Å². The van der Waals surface area contributed by atoms with Crippen LogP contribution >= 0.6 is 0 Å². The van der Waals surface area contributed by atoms with E-state index in [2.05, 4.69) is 15.6 Å². The van der Waals surface area contributed by atoms with Gasteiger partial charge in [-0.1, -0.05) is 18.2 Å². The molecule has 6 nitrogen and oxygen atoms in total. The molecule has 3 aromatic rings. The first-order valence-electron chi connectivity index (χ1n) is 8.12. The summed E-state index contributed by atoms with van der Waals surface area (Å²) >= 11 is 0. The third-order valence-electron chi connectivity index (χ3n) is 3.81. The summed E-state index contributed by atoms with van der Waals surface area (Å²) in [5.74, 6) is 0.353. The second-order valence-corrected chi connectivity index (χ2v) is 5.53. The van der Waals surface area contributed by atoms with Gasteiger partial charge in [0, 0.05) is 0 Å². The lowest BCUT2D eigenvalue weighted by Gasteiger charge is -2.13. The van der Waals surface area contributed by atoms with Crippen LogP contribution in [-0.4, -0.2) is 25.1 Å². The number of hydrogen-bond donors (Lipinski definition) is 2. The lowest BCUT2D eigenvalue weighted by atomic mass is 10.1. The number of methoxy groups -OCH3 is 2. The minimum Gasteiger partial charge on any atom is -0.496 e. The molecule has 0 fully saturated rings. The monoisotopic (exact) mass is 367 g/mol. The number of amides is 1. The summed E-state index contributed by atoms with van der Waals surface area (Å²) in [4.78, 5) is 16.8. The second kappa shape index (κ2) is 8.18. The minimum absolute atomic E-state index is 0.276. The summed E-state index contributed by atoms with van der Waals surface area (Å²) in [6.07, 6.45) is 1.50. The number of ether oxygens (including phenoxy) is 2. The highest BCUT2D eigenvalue weighted by Gasteiger charge is 2.18. The number of nitrogens with zero attached hydrogens (tertiary/aromatic N) is 1. The van der Waals surface area contributed by atoms with E-state index >= 15 is 0 Å². The van der Waals surface area contributed by atoms with E-state index in [9.17, 15) is 9.18 Å². The smallest absolute Gasteiger partial charge is 0.264 e. The average molecular weight is 367 g/mol. The fourth-order valence-corrected chi connectivity index (χ4v) is 2.51. The molecule has 0 atom stereocenters. The van der Waals surface area contributed by atoms with Gasteiger partial charge in [0.2, 0.25) is 0 Å². The molecule has 0 aliphatic carbocycles. The van der Waals surface area contributed by atoms with Gasteiger partial charge in [-0.05, 0) is 36.4 Å². The summed E-state index contributed by atoms with van der Waals surface area (Å²) in [7, 11) is 2.96. The van der Waals surface area contributed by atoms with E-state index in [1.54, 1.807) is 48.5 Å². The molecule has 3 rings (SSSR count). The van der Waals surface area contributed by atoms with E-state index in [1.807, 2.05) is 0 Å². The zero-order valence-corrected chi connectivity index (χ0v) is 14.8. The number of pyridine rings is 1. The van der Waals surface area contributed by atoms with Crippen LogP contribution in [0.25, 0.3) is 0 Å². The van der Waals surface area contributed by atoms with Crippen molar-refractivity contribution in [3.05, 3.63) is 72.2 Å². The van der Waals surface area contributed by atoms with Gasteiger partial charge in [0.05, 0.1) is 31.8 Å². The Morgan fingerprint density at radius 3 is 2.26 bits per heavy atom. The highest BCUT2D eigenvalue weighted by molar-refractivity contribution is 6.07. The molecule has 0 aliphatic heterocycles. The molecule has 0 spiro atoms. The Bertz CT molecular complexity index is 923. The van der Waals surface area contributed by atoms with Gasteiger partial charge in [0.25, 0.3) is 5.91 Å². The third kappa shape index (κ3) is 4.14. The summed E-state index contributed by atoms with van der Waals surface area (Å²) < 4.78 is 24.2. The van der Waals surface area contributed by atoms with Crippen molar-refractivity contribution in [2.45, 2.75) is 0 Å². The van der Waals surface area contributed by atoms with Crippen molar-refractivity contribution in [2.24, 2.45) is 0 Å². The molecule has 138 valence electrons. The number of nitrogens with one attached hydrogen (secondary N) is 2. The standard InChI is InChI=1S/C20H18FN3O3/c1-26-16-8-5-9-17(27-2)19(16)20(25)24-18-11-10-13(12-22-18)23-15-7-4-3-6-14(15)21/h3-12,23H,1-2H3,(H,22,24,25). The van der Waals surface area contributed by atoms with Crippen LogP contribution in [0.2, 0.25) is 0 Å². The first-order chi connectivity index (χ1) is 13.1. The minimum atomic E-state index is -0.411. The molecule has 0 aliphatic rings. The normalized spacial score (nSPS) is 10.2. The molecule has 0 saturated carbocycles. The van der Waals surface area contributed by atoms with E-state index < -0.39 is 5.91 Å². The maximum atomic E-state index is 13.7. The highest BCUT2D eigenvalue weighted by atomic mass is 19.1. The van der Waals surface area contributed by atoms with Crippen LogP contribution in [0.5, 0.6) is 11.5 Å². The van der Waals surface area contributed by atoms with E-state index in [0.717, 1.165) is 0 Å². The molecular formula is C20H18FN3O3. The van der Waals surface area contributed by atoms with Crippen molar-refractivity contribution in [1.82, 2.24) is 4.98 Å². The maximum Gasteiger partial charge on any atom is 0.264 e. The number of hydrogen-bond acceptors (Lipinski definition) is 5. The van der Waals surface area contributed by atoms with E-state index in [-0.39, 0.29) is 11.4 Å². The molecule has 0 saturated heterocycles. The third-order valence-corrected chi connectivity index (χ3v) is 3.81. The molecule has 2 N–H and O–H groups in total. The predicted octanol–water partition coefficient (Wildman–Crippen LogP) is 4.23. The van der Waals surface area contributed by atoms with Gasteiger partial charge in [-0.3, -0.25) is 4.79 Å². The Hall–Kier alpha value is -3.61.